The number of methoxy groups -OCH3 is 3. The third-order valence-corrected chi connectivity index (χ3v) is 4.06. The van der Waals surface area contributed by atoms with E-state index in [1.807, 2.05) is 30.3 Å². The van der Waals surface area contributed by atoms with E-state index in [0.717, 1.165) is 12.7 Å². The highest BCUT2D eigenvalue weighted by molar-refractivity contribution is 6.12. The number of rotatable bonds is 10. The Hall–Kier alpha value is -3.39. The lowest BCUT2D eigenvalue weighted by molar-refractivity contribution is -0.145. The summed E-state index contributed by atoms with van der Waals surface area (Å²) in [7, 11) is 4.07. The van der Waals surface area contributed by atoms with E-state index in [9.17, 15) is 14.4 Å². The minimum absolute atomic E-state index is 0.0911. The molecule has 1 unspecified atom stereocenters. The molecule has 154 valence electrons. The molecule has 0 aliphatic heterocycles. The minimum atomic E-state index is -1.37. The van der Waals surface area contributed by atoms with E-state index in [-0.39, 0.29) is 18.7 Å². The number of nitrogens with one attached hydrogen (secondary N) is 1. The van der Waals surface area contributed by atoms with Crippen LogP contribution in [-0.4, -0.2) is 51.6 Å². The van der Waals surface area contributed by atoms with Gasteiger partial charge in [-0.2, -0.15) is 0 Å². The molecule has 2 aromatic rings. The summed E-state index contributed by atoms with van der Waals surface area (Å²) >= 11 is 0. The van der Waals surface area contributed by atoms with Crippen molar-refractivity contribution >= 4 is 17.7 Å². The van der Waals surface area contributed by atoms with Gasteiger partial charge in [0.1, 0.15) is 6.61 Å². The van der Waals surface area contributed by atoms with Gasteiger partial charge in [0.25, 0.3) is 0 Å². The molecule has 0 saturated carbocycles. The first-order valence-corrected chi connectivity index (χ1v) is 8.77. The summed E-state index contributed by atoms with van der Waals surface area (Å²) in [5.41, 5.74) is 1.02. The molecule has 2 aromatic carbocycles. The Labute approximate surface area is 168 Å². The van der Waals surface area contributed by atoms with Crippen molar-refractivity contribution in [2.24, 2.45) is 0 Å². The predicted octanol–water partition coefficient (Wildman–Crippen LogP) is 1.76. The van der Waals surface area contributed by atoms with Crippen molar-refractivity contribution in [3.8, 4) is 11.5 Å². The highest BCUT2D eigenvalue weighted by Gasteiger charge is 2.29. The van der Waals surface area contributed by atoms with Crippen LogP contribution in [-0.2, 0) is 25.7 Å². The molecule has 1 atom stereocenters. The number of benzene rings is 2. The van der Waals surface area contributed by atoms with Gasteiger partial charge in [-0.3, -0.25) is 14.9 Å². The Morgan fingerprint density at radius 2 is 1.62 bits per heavy atom. The fourth-order valence-corrected chi connectivity index (χ4v) is 2.53. The molecule has 0 spiro atoms. The zero-order chi connectivity index (χ0) is 21.2. The molecule has 0 radical (unpaired) electrons. The van der Waals surface area contributed by atoms with Gasteiger partial charge >= 0.3 is 11.9 Å². The lowest BCUT2D eigenvalue weighted by atomic mass is 10.0. The van der Waals surface area contributed by atoms with Crippen LogP contribution in [0.1, 0.15) is 15.9 Å². The van der Waals surface area contributed by atoms with Crippen molar-refractivity contribution in [1.82, 2.24) is 5.32 Å². The largest absolute Gasteiger partial charge is 0.493 e. The Bertz CT molecular complexity index is 851. The van der Waals surface area contributed by atoms with Gasteiger partial charge in [0, 0.05) is 5.56 Å². The summed E-state index contributed by atoms with van der Waals surface area (Å²) in [5, 5.41) is 2.60. The summed E-state index contributed by atoms with van der Waals surface area (Å²) in [4.78, 5) is 36.9. The van der Waals surface area contributed by atoms with Crippen LogP contribution in [0.25, 0.3) is 0 Å². The first-order chi connectivity index (χ1) is 14.0. The number of hydrogen-bond acceptors (Lipinski definition) is 8. The number of esters is 2. The van der Waals surface area contributed by atoms with Crippen molar-refractivity contribution in [3.63, 3.8) is 0 Å². The van der Waals surface area contributed by atoms with Crippen molar-refractivity contribution in [2.45, 2.75) is 12.6 Å². The lowest BCUT2D eigenvalue weighted by Gasteiger charge is -2.16. The molecule has 0 aliphatic carbocycles. The zero-order valence-electron chi connectivity index (χ0n) is 16.5. The van der Waals surface area contributed by atoms with Crippen molar-refractivity contribution < 1.29 is 33.3 Å². The molecule has 0 saturated heterocycles. The van der Waals surface area contributed by atoms with Gasteiger partial charge in [-0.05, 0) is 23.8 Å². The summed E-state index contributed by atoms with van der Waals surface area (Å²) in [6.45, 7) is -0.250. The summed E-state index contributed by atoms with van der Waals surface area (Å²) < 4.78 is 20.1. The van der Waals surface area contributed by atoms with Crippen LogP contribution in [0.4, 0.5) is 0 Å². The van der Waals surface area contributed by atoms with E-state index in [2.05, 4.69) is 10.1 Å². The number of carbonyl (C=O) groups is 3. The van der Waals surface area contributed by atoms with Gasteiger partial charge in [0.05, 0.1) is 27.9 Å². The fraction of sp³-hybridized carbons (Fsp3) is 0.286. The van der Waals surface area contributed by atoms with Crippen molar-refractivity contribution in [2.75, 3.05) is 27.9 Å². The second-order valence-corrected chi connectivity index (χ2v) is 5.92. The highest BCUT2D eigenvalue weighted by atomic mass is 16.5. The highest BCUT2D eigenvalue weighted by Crippen LogP contribution is 2.28. The molecule has 0 fully saturated rings. The van der Waals surface area contributed by atoms with Crippen molar-refractivity contribution in [3.05, 3.63) is 59.7 Å². The van der Waals surface area contributed by atoms with Gasteiger partial charge < -0.3 is 18.9 Å². The van der Waals surface area contributed by atoms with Crippen LogP contribution < -0.4 is 14.8 Å². The maximum absolute atomic E-state index is 12.8. The van der Waals surface area contributed by atoms with Gasteiger partial charge in [-0.1, -0.05) is 30.3 Å². The molecular formula is C21H23NO7. The van der Waals surface area contributed by atoms with E-state index in [1.54, 1.807) is 6.07 Å². The molecule has 0 aromatic heterocycles. The van der Waals surface area contributed by atoms with Crippen LogP contribution in [0.5, 0.6) is 11.5 Å². The van der Waals surface area contributed by atoms with Gasteiger partial charge in [0.2, 0.25) is 0 Å². The topological polar surface area (TPSA) is 100 Å². The van der Waals surface area contributed by atoms with E-state index >= 15 is 0 Å². The SMILES string of the molecule is COC(=O)C(NCC(=O)OCc1ccccc1)C(=O)c1ccc(OC)c(OC)c1. The number of Topliss-reactive ketones (excluding diaryl/α,β-unsaturated/α-hetero) is 1. The summed E-state index contributed by atoms with van der Waals surface area (Å²) in [6.07, 6.45) is 0. The average Bonchev–Trinajstić information content (AvgIpc) is 2.77. The van der Waals surface area contributed by atoms with E-state index < -0.39 is 23.8 Å². The van der Waals surface area contributed by atoms with Gasteiger partial charge in [0.15, 0.2) is 23.3 Å². The van der Waals surface area contributed by atoms with Crippen LogP contribution in [0.2, 0.25) is 0 Å². The van der Waals surface area contributed by atoms with Crippen LogP contribution >= 0.6 is 0 Å². The smallest absolute Gasteiger partial charge is 0.331 e. The second-order valence-electron chi connectivity index (χ2n) is 5.92. The normalized spacial score (nSPS) is 11.3. The average molecular weight is 401 g/mol. The third-order valence-electron chi connectivity index (χ3n) is 4.06. The Balaban J connectivity index is 2.04. The van der Waals surface area contributed by atoms with Crippen LogP contribution in [0.15, 0.2) is 48.5 Å². The van der Waals surface area contributed by atoms with E-state index in [1.165, 1.54) is 26.4 Å². The van der Waals surface area contributed by atoms with Gasteiger partial charge in [-0.25, -0.2) is 4.79 Å². The molecule has 0 amide bonds. The van der Waals surface area contributed by atoms with Gasteiger partial charge in [-0.15, -0.1) is 0 Å². The number of hydrogen-bond donors (Lipinski definition) is 1. The quantitative estimate of drug-likeness (QED) is 0.365. The second kappa shape index (κ2) is 10.8. The van der Waals surface area contributed by atoms with Crippen molar-refractivity contribution in [1.29, 1.82) is 0 Å². The van der Waals surface area contributed by atoms with Crippen LogP contribution in [0, 0.1) is 0 Å². The molecule has 1 N–H and O–H groups in total. The molecule has 0 heterocycles. The molecule has 8 nitrogen and oxygen atoms in total. The van der Waals surface area contributed by atoms with E-state index in [4.69, 9.17) is 14.2 Å². The number of ketones is 1. The first kappa shape index (κ1) is 21.9. The standard InChI is InChI=1S/C21H23NO7/c1-26-16-10-9-15(11-17(16)27-2)20(24)19(21(25)28-3)22-12-18(23)29-13-14-7-5-4-6-8-14/h4-11,19,22H,12-13H2,1-3H3. The third kappa shape index (κ3) is 6.05. The Morgan fingerprint density at radius 1 is 0.931 bits per heavy atom. The number of ether oxygens (including phenoxy) is 4. The maximum Gasteiger partial charge on any atom is 0.331 e. The Kier molecular flexibility index (Phi) is 8.17. The predicted molar refractivity (Wildman–Crippen MR) is 104 cm³/mol. The molecular weight excluding hydrogens is 378 g/mol. The summed E-state index contributed by atoms with van der Waals surface area (Å²) in [5.74, 6) is -1.22. The maximum atomic E-state index is 12.8. The first-order valence-electron chi connectivity index (χ1n) is 8.77. The number of carbonyl (C=O) groups excluding carboxylic acids is 3. The molecule has 2 rings (SSSR count). The Morgan fingerprint density at radius 3 is 2.24 bits per heavy atom. The van der Waals surface area contributed by atoms with Crippen LogP contribution in [0.3, 0.4) is 0 Å². The zero-order valence-corrected chi connectivity index (χ0v) is 16.5. The van der Waals surface area contributed by atoms with E-state index in [0.29, 0.717) is 11.5 Å². The fourth-order valence-electron chi connectivity index (χ4n) is 2.53. The molecule has 0 aliphatic rings. The summed E-state index contributed by atoms with van der Waals surface area (Å²) in [6, 6.07) is 12.3. The monoisotopic (exact) mass is 401 g/mol. The molecule has 0 bridgehead atoms. The minimum Gasteiger partial charge on any atom is -0.493 e. The molecule has 8 heteroatoms. The molecule has 29 heavy (non-hydrogen) atoms. The lowest BCUT2D eigenvalue weighted by Crippen LogP contribution is -2.46.